The number of hydrogen-bond donors (Lipinski definition) is 0. The zero-order chi connectivity index (χ0) is 14.0. The standard InChI is InChI=1S/C13H15ClN2O3/c1-15(10-3-5-11(17)6-4-10)12-7-2-9(14)8-13(12)16(18)19/h2,7-8,10H,3-6H2,1H3. The lowest BCUT2D eigenvalue weighted by atomic mass is 9.93. The Bertz CT molecular complexity index is 509. The number of nitrogens with zero attached hydrogens (tertiary/aromatic N) is 2. The molecule has 0 spiro atoms. The van der Waals surface area contributed by atoms with Gasteiger partial charge >= 0.3 is 0 Å². The fraction of sp³-hybridized carbons (Fsp3) is 0.462. The van der Waals surface area contributed by atoms with Crippen LogP contribution in [-0.2, 0) is 4.79 Å². The topological polar surface area (TPSA) is 63.4 Å². The van der Waals surface area contributed by atoms with E-state index in [1.807, 2.05) is 11.9 Å². The Balaban J connectivity index is 2.25. The van der Waals surface area contributed by atoms with Gasteiger partial charge in [-0.2, -0.15) is 0 Å². The van der Waals surface area contributed by atoms with Crippen molar-refractivity contribution >= 4 is 28.8 Å². The predicted octanol–water partition coefficient (Wildman–Crippen LogP) is 3.20. The molecule has 102 valence electrons. The smallest absolute Gasteiger partial charge is 0.294 e. The molecule has 0 aliphatic heterocycles. The third-order valence-corrected chi connectivity index (χ3v) is 3.81. The van der Waals surface area contributed by atoms with Crippen LogP contribution in [0.3, 0.4) is 0 Å². The summed E-state index contributed by atoms with van der Waals surface area (Å²) in [6, 6.07) is 4.84. The second-order valence-corrected chi connectivity index (χ2v) is 5.21. The number of carbonyl (C=O) groups is 1. The monoisotopic (exact) mass is 282 g/mol. The van der Waals surface area contributed by atoms with Crippen LogP contribution >= 0.6 is 11.6 Å². The Kier molecular flexibility index (Phi) is 4.04. The molecule has 0 amide bonds. The second-order valence-electron chi connectivity index (χ2n) is 4.77. The van der Waals surface area contributed by atoms with Crippen molar-refractivity contribution < 1.29 is 9.72 Å². The SMILES string of the molecule is CN(c1ccc(Cl)cc1[N+](=O)[O-])C1CCC(=O)CC1. The number of nitro groups is 1. The molecule has 1 saturated carbocycles. The first-order valence-corrected chi connectivity index (χ1v) is 6.55. The van der Waals surface area contributed by atoms with E-state index in [-0.39, 0.29) is 17.5 Å². The molecule has 1 fully saturated rings. The van der Waals surface area contributed by atoms with Crippen LogP contribution < -0.4 is 4.90 Å². The zero-order valence-corrected chi connectivity index (χ0v) is 11.4. The van der Waals surface area contributed by atoms with Gasteiger partial charge in [0.2, 0.25) is 0 Å². The number of nitro benzene ring substituents is 1. The van der Waals surface area contributed by atoms with Crippen LogP contribution in [0.1, 0.15) is 25.7 Å². The van der Waals surface area contributed by atoms with E-state index in [0.29, 0.717) is 23.6 Å². The molecule has 1 aromatic rings. The minimum atomic E-state index is -0.425. The van der Waals surface area contributed by atoms with E-state index < -0.39 is 4.92 Å². The molecule has 1 aromatic carbocycles. The minimum Gasteiger partial charge on any atom is -0.366 e. The molecule has 1 aliphatic rings. The van der Waals surface area contributed by atoms with Gasteiger partial charge in [0.05, 0.1) is 4.92 Å². The molecule has 0 saturated heterocycles. The van der Waals surface area contributed by atoms with Crippen molar-refractivity contribution in [1.29, 1.82) is 0 Å². The number of Topliss-reactive ketones (excluding diaryl/α,β-unsaturated/α-hetero) is 1. The Morgan fingerprint density at radius 2 is 2.00 bits per heavy atom. The van der Waals surface area contributed by atoms with Crippen LogP contribution in [0.2, 0.25) is 5.02 Å². The lowest BCUT2D eigenvalue weighted by Gasteiger charge is -2.32. The summed E-state index contributed by atoms with van der Waals surface area (Å²) in [5.41, 5.74) is 0.556. The van der Waals surface area contributed by atoms with E-state index in [9.17, 15) is 14.9 Å². The van der Waals surface area contributed by atoms with Gasteiger partial charge < -0.3 is 4.90 Å². The molecule has 0 heterocycles. The number of anilines is 1. The van der Waals surface area contributed by atoms with Gasteiger partial charge in [0, 0.05) is 37.0 Å². The van der Waals surface area contributed by atoms with E-state index in [4.69, 9.17) is 11.6 Å². The van der Waals surface area contributed by atoms with Gasteiger partial charge in [-0.25, -0.2) is 0 Å². The first-order valence-electron chi connectivity index (χ1n) is 6.17. The molecule has 0 unspecified atom stereocenters. The van der Waals surface area contributed by atoms with Gasteiger partial charge in [-0.3, -0.25) is 14.9 Å². The molecule has 0 aromatic heterocycles. The normalized spacial score (nSPS) is 16.4. The summed E-state index contributed by atoms with van der Waals surface area (Å²) in [7, 11) is 1.83. The first-order chi connectivity index (χ1) is 8.99. The van der Waals surface area contributed by atoms with Crippen LogP contribution in [0.25, 0.3) is 0 Å². The van der Waals surface area contributed by atoms with Gasteiger partial charge in [0.15, 0.2) is 0 Å². The summed E-state index contributed by atoms with van der Waals surface area (Å²) in [4.78, 5) is 23.8. The summed E-state index contributed by atoms with van der Waals surface area (Å²) in [6.45, 7) is 0. The predicted molar refractivity (Wildman–Crippen MR) is 73.8 cm³/mol. The number of hydrogen-bond acceptors (Lipinski definition) is 4. The second kappa shape index (κ2) is 5.57. The Morgan fingerprint density at radius 3 is 2.58 bits per heavy atom. The highest BCUT2D eigenvalue weighted by atomic mass is 35.5. The van der Waals surface area contributed by atoms with Crippen molar-refractivity contribution in [2.45, 2.75) is 31.7 Å². The average molecular weight is 283 g/mol. The molecule has 19 heavy (non-hydrogen) atoms. The lowest BCUT2D eigenvalue weighted by molar-refractivity contribution is -0.384. The van der Waals surface area contributed by atoms with Crippen molar-refractivity contribution in [2.24, 2.45) is 0 Å². The van der Waals surface area contributed by atoms with Gasteiger partial charge in [-0.15, -0.1) is 0 Å². The highest BCUT2D eigenvalue weighted by molar-refractivity contribution is 6.30. The average Bonchev–Trinajstić information content (AvgIpc) is 2.38. The molecule has 0 atom stereocenters. The van der Waals surface area contributed by atoms with Crippen LogP contribution in [0.4, 0.5) is 11.4 Å². The summed E-state index contributed by atoms with van der Waals surface area (Å²) < 4.78 is 0. The largest absolute Gasteiger partial charge is 0.366 e. The summed E-state index contributed by atoms with van der Waals surface area (Å²) in [5.74, 6) is 0.273. The third-order valence-electron chi connectivity index (χ3n) is 3.57. The Hall–Kier alpha value is -1.62. The van der Waals surface area contributed by atoms with E-state index in [1.165, 1.54) is 6.07 Å². The highest BCUT2D eigenvalue weighted by Crippen LogP contribution is 2.33. The van der Waals surface area contributed by atoms with Gasteiger partial charge in [-0.1, -0.05) is 11.6 Å². The molecule has 2 rings (SSSR count). The van der Waals surface area contributed by atoms with Crippen molar-refractivity contribution in [2.75, 3.05) is 11.9 Å². The molecule has 6 heteroatoms. The maximum Gasteiger partial charge on any atom is 0.294 e. The van der Waals surface area contributed by atoms with Gasteiger partial charge in [0.25, 0.3) is 5.69 Å². The minimum absolute atomic E-state index is 0.00639. The Labute approximate surface area is 116 Å². The summed E-state index contributed by atoms with van der Waals surface area (Å²) >= 11 is 5.80. The molecule has 0 N–H and O–H groups in total. The molecule has 0 bridgehead atoms. The maximum atomic E-state index is 11.2. The maximum absolute atomic E-state index is 11.2. The number of benzene rings is 1. The van der Waals surface area contributed by atoms with E-state index in [0.717, 1.165) is 12.8 Å². The van der Waals surface area contributed by atoms with Gasteiger partial charge in [-0.05, 0) is 25.0 Å². The van der Waals surface area contributed by atoms with Crippen molar-refractivity contribution in [3.8, 4) is 0 Å². The first kappa shape index (κ1) is 13.8. The van der Waals surface area contributed by atoms with Crippen molar-refractivity contribution in [3.05, 3.63) is 33.3 Å². The van der Waals surface area contributed by atoms with Crippen LogP contribution in [0.15, 0.2) is 18.2 Å². The zero-order valence-electron chi connectivity index (χ0n) is 10.6. The summed E-state index contributed by atoms with van der Waals surface area (Å²) in [6.07, 6.45) is 2.59. The third kappa shape index (κ3) is 3.04. The fourth-order valence-electron chi connectivity index (χ4n) is 2.45. The van der Waals surface area contributed by atoms with Crippen LogP contribution in [0, 0.1) is 10.1 Å². The number of ketones is 1. The molecule has 1 aliphatic carbocycles. The number of carbonyl (C=O) groups excluding carboxylic acids is 1. The number of halogens is 1. The van der Waals surface area contributed by atoms with E-state index in [1.54, 1.807) is 12.1 Å². The van der Waals surface area contributed by atoms with Gasteiger partial charge in [0.1, 0.15) is 11.5 Å². The molecular weight excluding hydrogens is 268 g/mol. The fourth-order valence-corrected chi connectivity index (χ4v) is 2.62. The van der Waals surface area contributed by atoms with E-state index in [2.05, 4.69) is 0 Å². The molecule has 5 nitrogen and oxygen atoms in total. The molecular formula is C13H15ClN2O3. The lowest BCUT2D eigenvalue weighted by Crippen LogP contribution is -2.35. The Morgan fingerprint density at radius 1 is 1.37 bits per heavy atom. The van der Waals surface area contributed by atoms with Crippen molar-refractivity contribution in [3.63, 3.8) is 0 Å². The number of rotatable bonds is 3. The van der Waals surface area contributed by atoms with Crippen LogP contribution in [-0.4, -0.2) is 23.8 Å². The summed E-state index contributed by atoms with van der Waals surface area (Å²) in [5, 5.41) is 11.4. The highest BCUT2D eigenvalue weighted by Gasteiger charge is 2.26. The van der Waals surface area contributed by atoms with Crippen LogP contribution in [0.5, 0.6) is 0 Å². The van der Waals surface area contributed by atoms with Crippen molar-refractivity contribution in [1.82, 2.24) is 0 Å². The molecule has 0 radical (unpaired) electrons. The quantitative estimate of drug-likeness (QED) is 0.631. The van der Waals surface area contributed by atoms with E-state index >= 15 is 0 Å².